The summed E-state index contributed by atoms with van der Waals surface area (Å²) < 4.78 is 23.0. The lowest BCUT2D eigenvalue weighted by atomic mass is 9.87. The Labute approximate surface area is 163 Å². The van der Waals surface area contributed by atoms with Gasteiger partial charge in [0.2, 0.25) is 0 Å². The number of hydrogen-bond donors (Lipinski definition) is 0. The van der Waals surface area contributed by atoms with Crippen LogP contribution in [0.1, 0.15) is 37.7 Å². The van der Waals surface area contributed by atoms with Crippen LogP contribution in [0, 0.1) is 0 Å². The number of ether oxygens (including phenoxy) is 1. The first-order chi connectivity index (χ1) is 12.8. The molecule has 0 spiro atoms. The van der Waals surface area contributed by atoms with Crippen LogP contribution in [0.5, 0.6) is 5.75 Å². The van der Waals surface area contributed by atoms with Crippen molar-refractivity contribution in [2.75, 3.05) is 7.11 Å². The molecule has 1 unspecified atom stereocenters. The van der Waals surface area contributed by atoms with E-state index in [0.29, 0.717) is 17.3 Å². The smallest absolute Gasteiger partial charge is 0.149 e. The topological polar surface area (TPSA) is 52.3 Å². The molecule has 0 saturated heterocycles. The van der Waals surface area contributed by atoms with Crippen LogP contribution < -0.4 is 4.74 Å². The highest BCUT2D eigenvalue weighted by atomic mass is 32.2. The van der Waals surface area contributed by atoms with Gasteiger partial charge in [0.15, 0.2) is 0 Å². The Morgan fingerprint density at radius 3 is 2.26 bits per heavy atom. The molecule has 2 aromatic carbocycles. The minimum Gasteiger partial charge on any atom is -0.497 e. The molecule has 0 aliphatic carbocycles. The second-order valence-electron chi connectivity index (χ2n) is 7.58. The molecule has 0 radical (unpaired) electrons. The number of methoxy groups -OCH3 is 1. The Morgan fingerprint density at radius 1 is 1.00 bits per heavy atom. The molecule has 27 heavy (non-hydrogen) atoms. The zero-order chi connectivity index (χ0) is 19.4. The lowest BCUT2D eigenvalue weighted by molar-refractivity contribution is 0.396. The van der Waals surface area contributed by atoms with Gasteiger partial charge in [-0.2, -0.15) is 0 Å². The van der Waals surface area contributed by atoms with E-state index in [4.69, 9.17) is 9.26 Å². The van der Waals surface area contributed by atoms with Gasteiger partial charge in [-0.05, 0) is 40.8 Å². The largest absolute Gasteiger partial charge is 0.497 e. The summed E-state index contributed by atoms with van der Waals surface area (Å²) in [6.07, 6.45) is 0. The van der Waals surface area contributed by atoms with Crippen molar-refractivity contribution < 1.29 is 13.5 Å². The third-order valence-electron chi connectivity index (χ3n) is 4.40. The van der Waals surface area contributed by atoms with Crippen LogP contribution in [-0.2, 0) is 27.7 Å². The maximum Gasteiger partial charge on any atom is 0.149 e. The Balaban J connectivity index is 1.62. The van der Waals surface area contributed by atoms with Gasteiger partial charge in [-0.15, -0.1) is 0 Å². The number of rotatable bonds is 6. The number of aromatic nitrogens is 1. The van der Waals surface area contributed by atoms with Crippen molar-refractivity contribution in [3.63, 3.8) is 0 Å². The van der Waals surface area contributed by atoms with Crippen LogP contribution in [-0.4, -0.2) is 16.5 Å². The highest BCUT2D eigenvalue weighted by Crippen LogP contribution is 2.24. The highest BCUT2D eigenvalue weighted by Gasteiger charge is 2.14. The van der Waals surface area contributed by atoms with Crippen molar-refractivity contribution in [1.82, 2.24) is 5.16 Å². The third-order valence-corrected chi connectivity index (χ3v) is 5.66. The van der Waals surface area contributed by atoms with Gasteiger partial charge in [-0.3, -0.25) is 4.21 Å². The van der Waals surface area contributed by atoms with E-state index in [1.807, 2.05) is 30.3 Å². The molecule has 4 nitrogen and oxygen atoms in total. The van der Waals surface area contributed by atoms with Crippen LogP contribution in [0.15, 0.2) is 59.1 Å². The summed E-state index contributed by atoms with van der Waals surface area (Å²) in [5.41, 5.74) is 4.14. The van der Waals surface area contributed by atoms with E-state index in [1.165, 1.54) is 5.56 Å². The maximum atomic E-state index is 12.5. The van der Waals surface area contributed by atoms with Gasteiger partial charge in [0.1, 0.15) is 17.2 Å². The van der Waals surface area contributed by atoms with Gasteiger partial charge >= 0.3 is 0 Å². The molecule has 0 saturated carbocycles. The van der Waals surface area contributed by atoms with Crippen LogP contribution >= 0.6 is 0 Å². The molecule has 0 aliphatic rings. The zero-order valence-electron chi connectivity index (χ0n) is 16.2. The average Bonchev–Trinajstić information content (AvgIpc) is 3.09. The van der Waals surface area contributed by atoms with Crippen molar-refractivity contribution in [2.45, 2.75) is 37.7 Å². The van der Waals surface area contributed by atoms with Gasteiger partial charge in [0.05, 0.1) is 12.9 Å². The van der Waals surface area contributed by atoms with E-state index < -0.39 is 10.8 Å². The molecule has 1 heterocycles. The number of benzene rings is 2. The summed E-state index contributed by atoms with van der Waals surface area (Å²) in [7, 11) is 0.582. The summed E-state index contributed by atoms with van der Waals surface area (Å²) in [5.74, 6) is 2.28. The van der Waals surface area contributed by atoms with Crippen LogP contribution in [0.25, 0.3) is 11.3 Å². The lowest BCUT2D eigenvalue weighted by Gasteiger charge is -2.19. The maximum absolute atomic E-state index is 12.5. The summed E-state index contributed by atoms with van der Waals surface area (Å²) in [6.45, 7) is 6.55. The van der Waals surface area contributed by atoms with E-state index >= 15 is 0 Å². The molecule has 3 aromatic rings. The summed E-state index contributed by atoms with van der Waals surface area (Å²) in [5, 5.41) is 4.09. The van der Waals surface area contributed by atoms with Crippen LogP contribution in [0.4, 0.5) is 0 Å². The fourth-order valence-corrected chi connectivity index (χ4v) is 3.90. The molecule has 5 heteroatoms. The molecular weight excluding hydrogens is 358 g/mol. The summed E-state index contributed by atoms with van der Waals surface area (Å²) in [6, 6.07) is 17.8. The van der Waals surface area contributed by atoms with Gasteiger partial charge < -0.3 is 9.26 Å². The van der Waals surface area contributed by atoms with Crippen molar-refractivity contribution in [3.05, 3.63) is 71.5 Å². The lowest BCUT2D eigenvalue weighted by Crippen LogP contribution is -2.10. The molecule has 0 fully saturated rings. The quantitative estimate of drug-likeness (QED) is 0.594. The minimum absolute atomic E-state index is 0.120. The molecule has 3 rings (SSSR count). The Hall–Kier alpha value is -2.40. The predicted octanol–water partition coefficient (Wildman–Crippen LogP) is 5.10. The van der Waals surface area contributed by atoms with Gasteiger partial charge in [0, 0.05) is 28.2 Å². The van der Waals surface area contributed by atoms with E-state index in [2.05, 4.69) is 50.2 Å². The fourth-order valence-electron chi connectivity index (χ4n) is 2.78. The molecule has 0 amide bonds. The minimum atomic E-state index is -1.05. The van der Waals surface area contributed by atoms with Gasteiger partial charge in [-0.25, -0.2) is 0 Å². The second-order valence-corrected chi connectivity index (χ2v) is 9.04. The predicted molar refractivity (Wildman–Crippen MR) is 109 cm³/mol. The monoisotopic (exact) mass is 383 g/mol. The van der Waals surface area contributed by atoms with E-state index in [-0.39, 0.29) is 5.41 Å². The van der Waals surface area contributed by atoms with E-state index in [0.717, 1.165) is 22.6 Å². The molecule has 1 aromatic heterocycles. The Kier molecular flexibility index (Phi) is 5.80. The third kappa shape index (κ3) is 5.07. The van der Waals surface area contributed by atoms with E-state index in [1.54, 1.807) is 7.11 Å². The average molecular weight is 384 g/mol. The number of hydrogen-bond acceptors (Lipinski definition) is 4. The molecule has 0 N–H and O–H groups in total. The molecule has 0 aliphatic heterocycles. The van der Waals surface area contributed by atoms with Gasteiger partial charge in [-0.1, -0.05) is 50.2 Å². The molecule has 142 valence electrons. The zero-order valence-corrected chi connectivity index (χ0v) is 17.0. The normalized spacial score (nSPS) is 12.7. The summed E-state index contributed by atoms with van der Waals surface area (Å²) in [4.78, 5) is 0. The molecule has 1 atom stereocenters. The summed E-state index contributed by atoms with van der Waals surface area (Å²) >= 11 is 0. The van der Waals surface area contributed by atoms with Crippen LogP contribution in [0.2, 0.25) is 0 Å². The number of nitrogens with zero attached hydrogens (tertiary/aromatic N) is 1. The van der Waals surface area contributed by atoms with Crippen molar-refractivity contribution in [1.29, 1.82) is 0 Å². The van der Waals surface area contributed by atoms with Gasteiger partial charge in [0.25, 0.3) is 0 Å². The standard InChI is InChI=1S/C22H25NO3S/c1-22(2,3)18-9-5-16(6-10-18)14-27(24)15-20-13-21(23-26-20)17-7-11-19(25-4)12-8-17/h5-13H,14-15H2,1-4H3. The fraction of sp³-hybridized carbons (Fsp3) is 0.318. The van der Waals surface area contributed by atoms with Crippen molar-refractivity contribution in [3.8, 4) is 17.0 Å². The molecule has 0 bridgehead atoms. The SMILES string of the molecule is COc1ccc(-c2cc(CS(=O)Cc3ccc(C(C)(C)C)cc3)on2)cc1. The Morgan fingerprint density at radius 2 is 1.67 bits per heavy atom. The van der Waals surface area contributed by atoms with E-state index in [9.17, 15) is 4.21 Å². The Bertz CT molecular complexity index is 906. The highest BCUT2D eigenvalue weighted by molar-refractivity contribution is 7.83. The first-order valence-corrected chi connectivity index (χ1v) is 10.4. The molecular formula is C22H25NO3S. The van der Waals surface area contributed by atoms with Crippen molar-refractivity contribution >= 4 is 10.8 Å². The van der Waals surface area contributed by atoms with Crippen molar-refractivity contribution in [2.24, 2.45) is 0 Å². The van der Waals surface area contributed by atoms with Crippen LogP contribution in [0.3, 0.4) is 0 Å². The first-order valence-electron chi connectivity index (χ1n) is 8.89. The first kappa shape index (κ1) is 19.4. The second kappa shape index (κ2) is 8.09.